The van der Waals surface area contributed by atoms with Crippen molar-refractivity contribution in [3.05, 3.63) is 57.7 Å². The number of benzene rings is 2. The van der Waals surface area contributed by atoms with E-state index in [1.807, 2.05) is 0 Å². The maximum absolute atomic E-state index is 12.5. The monoisotopic (exact) mass is 458 g/mol. The van der Waals surface area contributed by atoms with Crippen molar-refractivity contribution >= 4 is 28.5 Å². The lowest BCUT2D eigenvalue weighted by Gasteiger charge is -2.38. The molecule has 4 rings (SSSR count). The van der Waals surface area contributed by atoms with Gasteiger partial charge in [0.25, 0.3) is 0 Å². The Morgan fingerprint density at radius 1 is 1.09 bits per heavy atom. The first-order valence-corrected chi connectivity index (χ1v) is 10.6. The number of methoxy groups -OCH3 is 2. The molecular formula is C24H23ClO7. The minimum atomic E-state index is -0.863. The average molecular weight is 459 g/mol. The minimum Gasteiger partial charge on any atom is -0.493 e. The Labute approximate surface area is 189 Å². The fraction of sp³-hybridized carbons (Fsp3) is 0.333. The van der Waals surface area contributed by atoms with E-state index in [4.69, 9.17) is 35.0 Å². The molecule has 0 amide bonds. The quantitative estimate of drug-likeness (QED) is 0.360. The van der Waals surface area contributed by atoms with Crippen LogP contribution in [0.3, 0.4) is 0 Å². The first-order chi connectivity index (χ1) is 15.5. The summed E-state index contributed by atoms with van der Waals surface area (Å²) in [4.78, 5) is 24.5. The summed E-state index contributed by atoms with van der Waals surface area (Å²) in [6.07, 6.45) is 2.21. The van der Waals surface area contributed by atoms with Crippen LogP contribution in [0.1, 0.15) is 19.3 Å². The van der Waals surface area contributed by atoms with Gasteiger partial charge < -0.3 is 23.4 Å². The molecule has 3 aromatic rings. The van der Waals surface area contributed by atoms with Crippen LogP contribution in [0.15, 0.2) is 51.7 Å². The zero-order valence-corrected chi connectivity index (χ0v) is 18.6. The van der Waals surface area contributed by atoms with Gasteiger partial charge in [0.15, 0.2) is 28.1 Å². The van der Waals surface area contributed by atoms with E-state index >= 15 is 0 Å². The summed E-state index contributed by atoms with van der Waals surface area (Å²) in [5.41, 5.74) is -0.0932. The van der Waals surface area contributed by atoms with E-state index in [0.29, 0.717) is 51.7 Å². The summed E-state index contributed by atoms with van der Waals surface area (Å²) < 4.78 is 27.8. The summed E-state index contributed by atoms with van der Waals surface area (Å²) in [5.74, 6) is 0.976. The molecule has 168 valence electrons. The summed E-state index contributed by atoms with van der Waals surface area (Å²) in [6, 6.07) is 11.7. The van der Waals surface area contributed by atoms with Crippen molar-refractivity contribution in [3.8, 4) is 22.8 Å². The smallest absolute Gasteiger partial charge is 0.338 e. The molecule has 7 nitrogen and oxygen atoms in total. The highest BCUT2D eigenvalue weighted by molar-refractivity contribution is 6.34. The van der Waals surface area contributed by atoms with E-state index in [0.717, 1.165) is 6.42 Å². The second-order valence-electron chi connectivity index (χ2n) is 7.49. The largest absolute Gasteiger partial charge is 0.493 e. The number of carbonyl (C=O) groups excluding carboxylic acids is 1. The van der Waals surface area contributed by atoms with Crippen LogP contribution in [-0.4, -0.2) is 39.0 Å². The number of para-hydroxylation sites is 1. The van der Waals surface area contributed by atoms with E-state index in [2.05, 4.69) is 0 Å². The van der Waals surface area contributed by atoms with Gasteiger partial charge in [-0.2, -0.15) is 0 Å². The first kappa shape index (κ1) is 22.2. The van der Waals surface area contributed by atoms with E-state index in [1.165, 1.54) is 20.3 Å². The highest BCUT2D eigenvalue weighted by atomic mass is 35.5. The zero-order valence-electron chi connectivity index (χ0n) is 17.8. The van der Waals surface area contributed by atoms with Crippen LogP contribution in [-0.2, 0) is 14.3 Å². The Morgan fingerprint density at radius 3 is 2.59 bits per heavy atom. The molecule has 1 saturated carbocycles. The molecule has 0 saturated heterocycles. The standard InChI is InChI=1S/C24H23ClO7/c1-28-19-8-7-15(20-14-18(26)16-5-3-6-17(25)22(16)32-20)13-21(19)30-11-12-31-24(9-4-10-24)23(27)29-2/h3,5-8,13-14H,4,9-12H2,1-2H3. The maximum atomic E-state index is 12.5. The summed E-state index contributed by atoms with van der Waals surface area (Å²) >= 11 is 6.21. The predicted octanol–water partition coefficient (Wildman–Crippen LogP) is 4.61. The van der Waals surface area contributed by atoms with Crippen molar-refractivity contribution in [2.75, 3.05) is 27.4 Å². The Bertz CT molecular complexity index is 1200. The van der Waals surface area contributed by atoms with Gasteiger partial charge in [0.1, 0.15) is 12.4 Å². The van der Waals surface area contributed by atoms with Crippen LogP contribution in [0.2, 0.25) is 5.02 Å². The molecule has 0 atom stereocenters. The van der Waals surface area contributed by atoms with Crippen LogP contribution in [0, 0.1) is 0 Å². The van der Waals surface area contributed by atoms with Crippen molar-refractivity contribution in [2.24, 2.45) is 0 Å². The third-order valence-electron chi connectivity index (χ3n) is 5.59. The van der Waals surface area contributed by atoms with Crippen LogP contribution < -0.4 is 14.9 Å². The zero-order chi connectivity index (χ0) is 22.7. The molecule has 1 aliphatic carbocycles. The molecule has 1 aliphatic rings. The Kier molecular flexibility index (Phi) is 6.39. The van der Waals surface area contributed by atoms with Gasteiger partial charge in [0.05, 0.1) is 31.2 Å². The Balaban J connectivity index is 1.53. The highest BCUT2D eigenvalue weighted by Crippen LogP contribution is 2.37. The number of esters is 1. The fourth-order valence-electron chi connectivity index (χ4n) is 3.71. The van der Waals surface area contributed by atoms with Crippen molar-refractivity contribution < 1.29 is 28.2 Å². The molecule has 0 N–H and O–H groups in total. The molecular weight excluding hydrogens is 436 g/mol. The van der Waals surface area contributed by atoms with Gasteiger partial charge in [-0.15, -0.1) is 0 Å². The second kappa shape index (κ2) is 9.22. The number of hydrogen-bond acceptors (Lipinski definition) is 7. The third kappa shape index (κ3) is 4.18. The maximum Gasteiger partial charge on any atom is 0.338 e. The number of hydrogen-bond donors (Lipinski definition) is 0. The van der Waals surface area contributed by atoms with Gasteiger partial charge in [-0.1, -0.05) is 17.7 Å². The van der Waals surface area contributed by atoms with Gasteiger partial charge >= 0.3 is 5.97 Å². The van der Waals surface area contributed by atoms with Crippen LogP contribution in [0.5, 0.6) is 11.5 Å². The number of fused-ring (bicyclic) bond motifs is 1. The molecule has 1 aromatic heterocycles. The first-order valence-electron chi connectivity index (χ1n) is 10.2. The van der Waals surface area contributed by atoms with Crippen molar-refractivity contribution in [1.82, 2.24) is 0 Å². The van der Waals surface area contributed by atoms with Gasteiger partial charge in [-0.25, -0.2) is 4.79 Å². The van der Waals surface area contributed by atoms with Gasteiger partial charge in [-0.3, -0.25) is 4.79 Å². The van der Waals surface area contributed by atoms with E-state index in [-0.39, 0.29) is 24.6 Å². The molecule has 0 bridgehead atoms. The minimum absolute atomic E-state index is 0.191. The van der Waals surface area contributed by atoms with Crippen LogP contribution in [0.25, 0.3) is 22.3 Å². The number of halogens is 1. The molecule has 1 fully saturated rings. The van der Waals surface area contributed by atoms with Crippen molar-refractivity contribution in [2.45, 2.75) is 24.9 Å². The molecule has 0 unspecified atom stereocenters. The van der Waals surface area contributed by atoms with Gasteiger partial charge in [0, 0.05) is 11.6 Å². The molecule has 0 radical (unpaired) electrons. The number of rotatable bonds is 8. The van der Waals surface area contributed by atoms with E-state index in [9.17, 15) is 9.59 Å². The normalized spacial score (nSPS) is 14.6. The molecule has 1 heterocycles. The molecule has 0 aliphatic heterocycles. The number of ether oxygens (including phenoxy) is 4. The Hall–Kier alpha value is -3.03. The van der Waals surface area contributed by atoms with E-state index < -0.39 is 5.60 Å². The lowest BCUT2D eigenvalue weighted by molar-refractivity contribution is -0.183. The predicted molar refractivity (Wildman–Crippen MR) is 120 cm³/mol. The van der Waals surface area contributed by atoms with Crippen molar-refractivity contribution in [3.63, 3.8) is 0 Å². The second-order valence-corrected chi connectivity index (χ2v) is 7.90. The summed E-state index contributed by atoms with van der Waals surface area (Å²) in [6.45, 7) is 0.412. The molecule has 2 aromatic carbocycles. The average Bonchev–Trinajstić information content (AvgIpc) is 2.78. The SMILES string of the molecule is COC(=O)C1(OCCOc2cc(-c3cc(=O)c4cccc(Cl)c4o3)ccc2OC)CCC1. The van der Waals surface area contributed by atoms with E-state index in [1.54, 1.807) is 36.4 Å². The summed E-state index contributed by atoms with van der Waals surface area (Å²) in [7, 11) is 2.89. The van der Waals surface area contributed by atoms with Gasteiger partial charge in [-0.05, 0) is 49.6 Å². The molecule has 32 heavy (non-hydrogen) atoms. The fourth-order valence-corrected chi connectivity index (χ4v) is 3.92. The lowest BCUT2D eigenvalue weighted by atomic mass is 9.80. The van der Waals surface area contributed by atoms with Crippen LogP contribution in [0.4, 0.5) is 0 Å². The van der Waals surface area contributed by atoms with Crippen molar-refractivity contribution in [1.29, 1.82) is 0 Å². The van der Waals surface area contributed by atoms with Crippen LogP contribution >= 0.6 is 11.6 Å². The lowest BCUT2D eigenvalue weighted by Crippen LogP contribution is -2.49. The highest BCUT2D eigenvalue weighted by Gasteiger charge is 2.46. The molecule has 0 spiro atoms. The topological polar surface area (TPSA) is 84.2 Å². The third-order valence-corrected chi connectivity index (χ3v) is 5.89. The summed E-state index contributed by atoms with van der Waals surface area (Å²) in [5, 5.41) is 0.776. The molecule has 8 heteroatoms. The Morgan fingerprint density at radius 2 is 1.91 bits per heavy atom. The number of carbonyl (C=O) groups is 1. The van der Waals surface area contributed by atoms with Gasteiger partial charge in [0.2, 0.25) is 0 Å².